The van der Waals surface area contributed by atoms with Crippen molar-refractivity contribution >= 4 is 11.8 Å². The van der Waals surface area contributed by atoms with Crippen molar-refractivity contribution in [3.8, 4) is 0 Å². The van der Waals surface area contributed by atoms with E-state index in [4.69, 9.17) is 0 Å². The molecule has 1 atom stereocenters. The van der Waals surface area contributed by atoms with Crippen molar-refractivity contribution in [2.45, 2.75) is 18.3 Å². The van der Waals surface area contributed by atoms with Gasteiger partial charge in [-0.2, -0.15) is 0 Å². The van der Waals surface area contributed by atoms with Gasteiger partial charge < -0.3 is 5.11 Å². The largest absolute Gasteiger partial charge is 0.480 e. The Balaban J connectivity index is 2.31. The molecule has 0 heterocycles. The van der Waals surface area contributed by atoms with Crippen LogP contribution >= 0.6 is 0 Å². The van der Waals surface area contributed by atoms with Crippen LogP contribution in [0.15, 0.2) is 54.6 Å². The monoisotopic (exact) mass is 266 g/mol. The van der Waals surface area contributed by atoms with Gasteiger partial charge in [-0.1, -0.05) is 54.6 Å². The Bertz CT molecular complexity index is 676. The minimum atomic E-state index is -1.12. The van der Waals surface area contributed by atoms with Crippen molar-refractivity contribution in [2.75, 3.05) is 0 Å². The van der Waals surface area contributed by atoms with E-state index < -0.39 is 11.4 Å². The molecule has 0 saturated heterocycles. The number of carboxylic acids is 1. The Morgan fingerprint density at radius 3 is 2.35 bits per heavy atom. The predicted octanol–water partition coefficient (Wildman–Crippen LogP) is 3.03. The van der Waals surface area contributed by atoms with Gasteiger partial charge in [-0.3, -0.25) is 9.59 Å². The number of hydrogen-bond donors (Lipinski definition) is 1. The normalized spacial score (nSPS) is 21.3. The Labute approximate surface area is 116 Å². The first-order valence-electron chi connectivity index (χ1n) is 6.58. The molecule has 3 nitrogen and oxygen atoms in total. The lowest BCUT2D eigenvalue weighted by Crippen LogP contribution is -2.41. The number of benzene rings is 2. The van der Waals surface area contributed by atoms with Crippen LogP contribution in [0.4, 0.5) is 0 Å². The summed E-state index contributed by atoms with van der Waals surface area (Å²) in [7, 11) is 0. The molecule has 0 spiro atoms. The van der Waals surface area contributed by atoms with E-state index in [1.807, 2.05) is 30.3 Å². The lowest BCUT2D eigenvalue weighted by atomic mass is 9.65. The van der Waals surface area contributed by atoms with Crippen LogP contribution in [-0.2, 0) is 10.2 Å². The summed E-state index contributed by atoms with van der Waals surface area (Å²) in [5, 5.41) is 9.86. The van der Waals surface area contributed by atoms with Crippen molar-refractivity contribution in [3.05, 3.63) is 71.3 Å². The van der Waals surface area contributed by atoms with Crippen LogP contribution in [-0.4, -0.2) is 16.9 Å². The summed E-state index contributed by atoms with van der Waals surface area (Å²) in [6.45, 7) is 0. The van der Waals surface area contributed by atoms with Crippen LogP contribution in [0.3, 0.4) is 0 Å². The van der Waals surface area contributed by atoms with Crippen LogP contribution in [0.25, 0.3) is 0 Å². The fourth-order valence-corrected chi connectivity index (χ4v) is 3.04. The SMILES string of the molecule is O=C1CC[C@](C(=O)O)(c2ccccc2)c2ccccc21. The second-order valence-electron chi connectivity index (χ2n) is 5.05. The lowest BCUT2D eigenvalue weighted by molar-refractivity contribution is -0.142. The average molecular weight is 266 g/mol. The summed E-state index contributed by atoms with van der Waals surface area (Å²) >= 11 is 0. The van der Waals surface area contributed by atoms with Gasteiger partial charge in [0.2, 0.25) is 0 Å². The average Bonchev–Trinajstić information content (AvgIpc) is 2.49. The maximum Gasteiger partial charge on any atom is 0.318 e. The van der Waals surface area contributed by atoms with Crippen molar-refractivity contribution < 1.29 is 14.7 Å². The Morgan fingerprint density at radius 2 is 1.65 bits per heavy atom. The molecule has 3 heteroatoms. The third-order valence-corrected chi connectivity index (χ3v) is 4.05. The molecule has 1 aliphatic rings. The summed E-state index contributed by atoms with van der Waals surface area (Å²) in [5.74, 6) is -0.878. The number of hydrogen-bond acceptors (Lipinski definition) is 2. The highest BCUT2D eigenvalue weighted by atomic mass is 16.4. The summed E-state index contributed by atoms with van der Waals surface area (Å²) in [4.78, 5) is 24.1. The molecule has 100 valence electrons. The number of rotatable bonds is 2. The van der Waals surface area contributed by atoms with E-state index in [-0.39, 0.29) is 12.2 Å². The molecule has 0 aromatic heterocycles. The quantitative estimate of drug-likeness (QED) is 0.909. The molecule has 2 aromatic rings. The highest BCUT2D eigenvalue weighted by Gasteiger charge is 2.46. The molecule has 0 fully saturated rings. The van der Waals surface area contributed by atoms with Gasteiger partial charge in [-0.25, -0.2) is 0 Å². The number of fused-ring (bicyclic) bond motifs is 1. The lowest BCUT2D eigenvalue weighted by Gasteiger charge is -2.35. The minimum absolute atomic E-state index is 0.0217. The fourth-order valence-electron chi connectivity index (χ4n) is 3.04. The maximum absolute atomic E-state index is 12.0. The van der Waals surface area contributed by atoms with E-state index in [0.717, 1.165) is 5.56 Å². The smallest absolute Gasteiger partial charge is 0.318 e. The number of carbonyl (C=O) groups excluding carboxylic acids is 1. The molecular formula is C17H14O3. The summed E-state index contributed by atoms with van der Waals surface area (Å²) in [6, 6.07) is 16.2. The molecule has 1 aliphatic carbocycles. The zero-order valence-corrected chi connectivity index (χ0v) is 10.9. The van der Waals surface area contributed by atoms with Gasteiger partial charge in [0.1, 0.15) is 5.41 Å². The van der Waals surface area contributed by atoms with Gasteiger partial charge in [-0.05, 0) is 17.5 Å². The first-order chi connectivity index (χ1) is 9.66. The first kappa shape index (κ1) is 12.6. The zero-order valence-electron chi connectivity index (χ0n) is 10.9. The molecule has 0 radical (unpaired) electrons. The maximum atomic E-state index is 12.0. The predicted molar refractivity (Wildman–Crippen MR) is 74.9 cm³/mol. The third kappa shape index (κ3) is 1.67. The number of Topliss-reactive ketones (excluding diaryl/α,β-unsaturated/α-hetero) is 1. The van der Waals surface area contributed by atoms with Crippen LogP contribution < -0.4 is 0 Å². The van der Waals surface area contributed by atoms with Crippen LogP contribution in [0, 0.1) is 0 Å². The molecule has 20 heavy (non-hydrogen) atoms. The molecule has 1 N–H and O–H groups in total. The molecule has 3 rings (SSSR count). The summed E-state index contributed by atoms with van der Waals surface area (Å²) in [6.07, 6.45) is 0.570. The fraction of sp³-hybridized carbons (Fsp3) is 0.176. The zero-order chi connectivity index (χ0) is 14.2. The molecule has 0 bridgehead atoms. The van der Waals surface area contributed by atoms with Gasteiger partial charge in [0.05, 0.1) is 0 Å². The summed E-state index contributed by atoms with van der Waals surface area (Å²) in [5.41, 5.74) is 0.749. The van der Waals surface area contributed by atoms with E-state index >= 15 is 0 Å². The molecule has 0 aliphatic heterocycles. The van der Waals surface area contributed by atoms with Crippen molar-refractivity contribution in [1.82, 2.24) is 0 Å². The van der Waals surface area contributed by atoms with E-state index in [1.165, 1.54) is 0 Å². The van der Waals surface area contributed by atoms with Crippen LogP contribution in [0.5, 0.6) is 0 Å². The number of carboxylic acid groups (broad SMARTS) is 1. The van der Waals surface area contributed by atoms with Crippen molar-refractivity contribution in [3.63, 3.8) is 0 Å². The first-order valence-corrected chi connectivity index (χ1v) is 6.58. The molecule has 2 aromatic carbocycles. The molecule has 0 amide bonds. The molecule has 0 saturated carbocycles. The highest BCUT2D eigenvalue weighted by Crippen LogP contribution is 2.42. The van der Waals surface area contributed by atoms with Crippen molar-refractivity contribution in [2.24, 2.45) is 0 Å². The topological polar surface area (TPSA) is 54.4 Å². The number of aliphatic carboxylic acids is 1. The molecule has 0 unspecified atom stereocenters. The summed E-state index contributed by atoms with van der Waals surface area (Å²) < 4.78 is 0. The van der Waals surface area contributed by atoms with E-state index in [2.05, 4.69) is 0 Å². The van der Waals surface area contributed by atoms with E-state index in [1.54, 1.807) is 24.3 Å². The van der Waals surface area contributed by atoms with Crippen molar-refractivity contribution in [1.29, 1.82) is 0 Å². The van der Waals surface area contributed by atoms with Crippen LogP contribution in [0.1, 0.15) is 34.3 Å². The van der Waals surface area contributed by atoms with Gasteiger partial charge in [0, 0.05) is 12.0 Å². The number of carbonyl (C=O) groups is 2. The second-order valence-corrected chi connectivity index (χ2v) is 5.05. The van der Waals surface area contributed by atoms with Crippen LogP contribution in [0.2, 0.25) is 0 Å². The van der Waals surface area contributed by atoms with E-state index in [9.17, 15) is 14.7 Å². The third-order valence-electron chi connectivity index (χ3n) is 4.05. The highest BCUT2D eigenvalue weighted by molar-refractivity contribution is 6.03. The van der Waals surface area contributed by atoms with E-state index in [0.29, 0.717) is 17.5 Å². The Morgan fingerprint density at radius 1 is 1.00 bits per heavy atom. The second kappa shape index (κ2) is 4.60. The Kier molecular flexibility index (Phi) is 2.90. The van der Waals surface area contributed by atoms with Gasteiger partial charge in [-0.15, -0.1) is 0 Å². The standard InChI is InChI=1S/C17H14O3/c18-15-10-11-17(16(19)20,12-6-2-1-3-7-12)14-9-5-4-8-13(14)15/h1-9H,10-11H2,(H,19,20)/t17-/m0/s1. The Hall–Kier alpha value is -2.42. The number of ketones is 1. The minimum Gasteiger partial charge on any atom is -0.480 e. The van der Waals surface area contributed by atoms with Gasteiger partial charge >= 0.3 is 5.97 Å². The van der Waals surface area contributed by atoms with Gasteiger partial charge in [0.25, 0.3) is 0 Å². The molecular weight excluding hydrogens is 252 g/mol. The van der Waals surface area contributed by atoms with Gasteiger partial charge in [0.15, 0.2) is 5.78 Å².